The van der Waals surface area contributed by atoms with Gasteiger partial charge < -0.3 is 4.74 Å². The fourth-order valence-corrected chi connectivity index (χ4v) is 3.67. The van der Waals surface area contributed by atoms with Gasteiger partial charge in [-0.15, -0.1) is 11.8 Å². The summed E-state index contributed by atoms with van der Waals surface area (Å²) in [7, 11) is 0. The van der Waals surface area contributed by atoms with Crippen molar-refractivity contribution in [1.29, 1.82) is 0 Å². The third-order valence-electron chi connectivity index (χ3n) is 4.35. The quantitative estimate of drug-likeness (QED) is 0.255. The minimum atomic E-state index is -0.176. The van der Waals surface area contributed by atoms with E-state index in [0.717, 1.165) is 32.8 Å². The fourth-order valence-electron chi connectivity index (χ4n) is 2.84. The van der Waals surface area contributed by atoms with Crippen molar-refractivity contribution in [1.82, 2.24) is 15.4 Å². The zero-order chi connectivity index (χ0) is 21.3. The fraction of sp³-hybridized carbons (Fsp3) is 0.0833. The molecule has 4 aromatic rings. The number of thioether (sulfide) groups is 1. The molecule has 0 spiro atoms. The van der Waals surface area contributed by atoms with E-state index in [4.69, 9.17) is 4.74 Å². The monoisotopic (exact) mass is 428 g/mol. The number of carbonyl (C=O) groups excluding carboxylic acids is 1. The van der Waals surface area contributed by atoms with Crippen molar-refractivity contribution in [2.75, 3.05) is 5.75 Å². The van der Waals surface area contributed by atoms with Gasteiger partial charge in [0.05, 0.1) is 23.2 Å². The summed E-state index contributed by atoms with van der Waals surface area (Å²) in [6.07, 6.45) is 5.10. The SMILES string of the molecule is O=C(CSc1cccc2cccnc12)N/N=C\c1ccc(OCc2ccccn2)cc1. The van der Waals surface area contributed by atoms with Crippen LogP contribution in [0.25, 0.3) is 10.9 Å². The molecule has 0 aliphatic carbocycles. The number of benzene rings is 2. The van der Waals surface area contributed by atoms with Crippen molar-refractivity contribution in [3.8, 4) is 5.75 Å². The molecule has 0 radical (unpaired) electrons. The number of hydrogen-bond donors (Lipinski definition) is 1. The zero-order valence-corrected chi connectivity index (χ0v) is 17.5. The minimum Gasteiger partial charge on any atom is -0.487 e. The van der Waals surface area contributed by atoms with E-state index < -0.39 is 0 Å². The number of carbonyl (C=O) groups is 1. The standard InChI is InChI=1S/C24H20N4O2S/c29-23(17-31-22-8-3-5-19-6-4-14-26-24(19)22)28-27-15-18-9-11-21(12-10-18)30-16-20-7-1-2-13-25-20/h1-15H,16-17H2,(H,28,29)/b27-15-. The van der Waals surface area contributed by atoms with Gasteiger partial charge in [0, 0.05) is 22.7 Å². The molecule has 0 saturated carbocycles. The van der Waals surface area contributed by atoms with Crippen LogP contribution in [0.5, 0.6) is 5.75 Å². The molecule has 1 amide bonds. The normalized spacial score (nSPS) is 11.0. The molecular formula is C24H20N4O2S. The largest absolute Gasteiger partial charge is 0.487 e. The summed E-state index contributed by atoms with van der Waals surface area (Å²) in [5.74, 6) is 0.823. The molecule has 2 aromatic heterocycles. The van der Waals surface area contributed by atoms with Crippen molar-refractivity contribution in [2.24, 2.45) is 5.10 Å². The van der Waals surface area contributed by atoms with Crippen LogP contribution < -0.4 is 10.2 Å². The van der Waals surface area contributed by atoms with Gasteiger partial charge in [0.25, 0.3) is 0 Å². The molecular weight excluding hydrogens is 408 g/mol. The van der Waals surface area contributed by atoms with E-state index in [9.17, 15) is 4.79 Å². The van der Waals surface area contributed by atoms with E-state index in [1.165, 1.54) is 11.8 Å². The Morgan fingerprint density at radius 3 is 2.65 bits per heavy atom. The second kappa shape index (κ2) is 10.4. The first kappa shape index (κ1) is 20.6. The Morgan fingerprint density at radius 1 is 0.968 bits per heavy atom. The number of pyridine rings is 2. The second-order valence-electron chi connectivity index (χ2n) is 6.59. The van der Waals surface area contributed by atoms with E-state index in [0.29, 0.717) is 6.61 Å². The lowest BCUT2D eigenvalue weighted by Crippen LogP contribution is -2.19. The summed E-state index contributed by atoms with van der Waals surface area (Å²) in [4.78, 5) is 21.7. The summed E-state index contributed by atoms with van der Waals surface area (Å²) < 4.78 is 5.71. The van der Waals surface area contributed by atoms with Gasteiger partial charge >= 0.3 is 0 Å². The number of amides is 1. The van der Waals surface area contributed by atoms with Gasteiger partial charge in [0.1, 0.15) is 12.4 Å². The lowest BCUT2D eigenvalue weighted by atomic mass is 10.2. The summed E-state index contributed by atoms with van der Waals surface area (Å²) in [5, 5.41) is 5.09. The molecule has 154 valence electrons. The third kappa shape index (κ3) is 5.90. The minimum absolute atomic E-state index is 0.176. The number of para-hydroxylation sites is 1. The van der Waals surface area contributed by atoms with Crippen LogP contribution in [0.2, 0.25) is 0 Å². The van der Waals surface area contributed by atoms with E-state index >= 15 is 0 Å². The average Bonchev–Trinajstić information content (AvgIpc) is 2.83. The molecule has 0 unspecified atom stereocenters. The molecule has 0 atom stereocenters. The lowest BCUT2D eigenvalue weighted by Gasteiger charge is -2.06. The zero-order valence-electron chi connectivity index (χ0n) is 16.6. The smallest absolute Gasteiger partial charge is 0.250 e. The molecule has 0 bridgehead atoms. The van der Waals surface area contributed by atoms with Crippen LogP contribution in [-0.2, 0) is 11.4 Å². The molecule has 0 aliphatic heterocycles. The average molecular weight is 429 g/mol. The van der Waals surface area contributed by atoms with E-state index in [1.54, 1.807) is 18.6 Å². The molecule has 0 fully saturated rings. The molecule has 2 aromatic carbocycles. The Labute approximate surface area is 184 Å². The highest BCUT2D eigenvalue weighted by molar-refractivity contribution is 8.00. The molecule has 0 saturated heterocycles. The summed E-state index contributed by atoms with van der Waals surface area (Å²) in [5.41, 5.74) is 5.19. The van der Waals surface area contributed by atoms with E-state index in [-0.39, 0.29) is 11.7 Å². The Bertz CT molecular complexity index is 1180. The van der Waals surface area contributed by atoms with Crippen molar-refractivity contribution in [2.45, 2.75) is 11.5 Å². The van der Waals surface area contributed by atoms with Crippen LogP contribution >= 0.6 is 11.8 Å². The number of ether oxygens (including phenoxy) is 1. The van der Waals surface area contributed by atoms with Gasteiger partial charge in [-0.3, -0.25) is 14.8 Å². The Kier molecular flexibility index (Phi) is 6.87. The molecule has 31 heavy (non-hydrogen) atoms. The molecule has 4 rings (SSSR count). The van der Waals surface area contributed by atoms with Gasteiger partial charge in [-0.05, 0) is 54.1 Å². The number of fused-ring (bicyclic) bond motifs is 1. The first-order valence-corrected chi connectivity index (χ1v) is 10.7. The van der Waals surface area contributed by atoms with Gasteiger partial charge in [-0.1, -0.05) is 24.3 Å². The summed E-state index contributed by atoms with van der Waals surface area (Å²) in [6.45, 7) is 0.411. The number of hydrazone groups is 1. The maximum atomic E-state index is 12.1. The number of aromatic nitrogens is 2. The van der Waals surface area contributed by atoms with Crippen LogP contribution in [0, 0.1) is 0 Å². The van der Waals surface area contributed by atoms with Gasteiger partial charge in [0.15, 0.2) is 0 Å². The predicted octanol–water partition coefficient (Wildman–Crippen LogP) is 4.45. The maximum absolute atomic E-state index is 12.1. The van der Waals surface area contributed by atoms with Crippen LogP contribution in [0.3, 0.4) is 0 Å². The summed E-state index contributed by atoms with van der Waals surface area (Å²) in [6, 6.07) is 23.0. The van der Waals surface area contributed by atoms with Crippen molar-refractivity contribution in [3.63, 3.8) is 0 Å². The summed E-state index contributed by atoms with van der Waals surface area (Å²) >= 11 is 1.44. The van der Waals surface area contributed by atoms with Crippen molar-refractivity contribution in [3.05, 3.63) is 96.4 Å². The van der Waals surface area contributed by atoms with Crippen LogP contribution in [0.1, 0.15) is 11.3 Å². The number of nitrogens with one attached hydrogen (secondary N) is 1. The molecule has 6 nitrogen and oxygen atoms in total. The van der Waals surface area contributed by atoms with Gasteiger partial charge in [0.2, 0.25) is 5.91 Å². The van der Waals surface area contributed by atoms with Crippen molar-refractivity contribution < 1.29 is 9.53 Å². The van der Waals surface area contributed by atoms with Crippen LogP contribution in [0.4, 0.5) is 0 Å². The highest BCUT2D eigenvalue weighted by Gasteiger charge is 2.06. The van der Waals surface area contributed by atoms with Crippen LogP contribution in [0.15, 0.2) is 95.2 Å². The second-order valence-corrected chi connectivity index (χ2v) is 7.61. The Morgan fingerprint density at radius 2 is 1.81 bits per heavy atom. The van der Waals surface area contributed by atoms with E-state index in [1.807, 2.05) is 72.8 Å². The predicted molar refractivity (Wildman–Crippen MR) is 123 cm³/mol. The first-order valence-electron chi connectivity index (χ1n) is 9.69. The topological polar surface area (TPSA) is 76.5 Å². The number of nitrogens with zero attached hydrogens (tertiary/aromatic N) is 3. The third-order valence-corrected chi connectivity index (χ3v) is 5.40. The number of hydrogen-bond acceptors (Lipinski definition) is 6. The van der Waals surface area contributed by atoms with Crippen molar-refractivity contribution >= 4 is 34.8 Å². The molecule has 2 heterocycles. The first-order chi connectivity index (χ1) is 15.3. The van der Waals surface area contributed by atoms with Crippen LogP contribution in [-0.4, -0.2) is 27.8 Å². The number of rotatable bonds is 8. The molecule has 0 aliphatic rings. The molecule has 7 heteroatoms. The highest BCUT2D eigenvalue weighted by Crippen LogP contribution is 2.25. The maximum Gasteiger partial charge on any atom is 0.250 e. The highest BCUT2D eigenvalue weighted by atomic mass is 32.2. The Balaban J connectivity index is 1.25. The van der Waals surface area contributed by atoms with E-state index in [2.05, 4.69) is 20.5 Å². The van der Waals surface area contributed by atoms with Gasteiger partial charge in [-0.25, -0.2) is 5.43 Å². The molecule has 1 N–H and O–H groups in total. The Hall–Kier alpha value is -3.71. The lowest BCUT2D eigenvalue weighted by molar-refractivity contribution is -0.118. The van der Waals surface area contributed by atoms with Gasteiger partial charge in [-0.2, -0.15) is 5.10 Å².